The first-order valence-corrected chi connectivity index (χ1v) is 9.72. The summed E-state index contributed by atoms with van der Waals surface area (Å²) in [5.74, 6) is 0.562. The van der Waals surface area contributed by atoms with Crippen molar-refractivity contribution in [2.24, 2.45) is 5.92 Å². The number of aromatic nitrogens is 3. The van der Waals surface area contributed by atoms with Crippen LogP contribution in [-0.4, -0.2) is 46.6 Å². The van der Waals surface area contributed by atoms with Gasteiger partial charge in [0.1, 0.15) is 10.8 Å². The summed E-state index contributed by atoms with van der Waals surface area (Å²) in [6.45, 7) is 3.88. The second-order valence-corrected chi connectivity index (χ2v) is 8.48. The van der Waals surface area contributed by atoms with Crippen LogP contribution in [0.4, 0.5) is 5.95 Å². The molecular weight excluding hydrogens is 338 g/mol. The van der Waals surface area contributed by atoms with E-state index in [0.29, 0.717) is 24.2 Å². The van der Waals surface area contributed by atoms with Crippen molar-refractivity contribution in [3.8, 4) is 0 Å². The minimum Gasteiger partial charge on any atom is -0.368 e. The Bertz CT molecular complexity index is 840. The van der Waals surface area contributed by atoms with Crippen LogP contribution < -0.4 is 5.73 Å². The SMILES string of the molecule is Cc1cn(CC2CCN(S(C)(=O)=O)CC2)c2nc(N)nc(Cl)c12. The van der Waals surface area contributed by atoms with Crippen LogP contribution in [0.25, 0.3) is 11.0 Å². The number of hydrogen-bond donors (Lipinski definition) is 1. The van der Waals surface area contributed by atoms with E-state index in [-0.39, 0.29) is 5.95 Å². The van der Waals surface area contributed by atoms with Crippen LogP contribution in [-0.2, 0) is 16.6 Å². The predicted octanol–water partition coefficient (Wildman–Crippen LogP) is 1.65. The molecule has 0 aromatic carbocycles. The Hall–Kier alpha value is -1.38. The van der Waals surface area contributed by atoms with Crippen molar-refractivity contribution >= 4 is 38.6 Å². The third-order valence-corrected chi connectivity index (χ3v) is 5.95. The number of hydrogen-bond acceptors (Lipinski definition) is 5. The van der Waals surface area contributed by atoms with Gasteiger partial charge in [-0.15, -0.1) is 0 Å². The molecule has 1 aliphatic rings. The summed E-state index contributed by atoms with van der Waals surface area (Å²) >= 11 is 6.18. The van der Waals surface area contributed by atoms with Crippen molar-refractivity contribution in [1.29, 1.82) is 0 Å². The molecule has 9 heteroatoms. The first kappa shape index (κ1) is 16.5. The molecule has 0 unspecified atom stereocenters. The minimum absolute atomic E-state index is 0.161. The Balaban J connectivity index is 1.81. The Morgan fingerprint density at radius 1 is 1.35 bits per heavy atom. The summed E-state index contributed by atoms with van der Waals surface area (Å²) in [6.07, 6.45) is 4.94. The average molecular weight is 358 g/mol. The maximum Gasteiger partial charge on any atom is 0.223 e. The first-order chi connectivity index (χ1) is 10.8. The summed E-state index contributed by atoms with van der Waals surface area (Å²) in [7, 11) is -3.09. The fourth-order valence-electron chi connectivity index (χ4n) is 3.19. The van der Waals surface area contributed by atoms with Gasteiger partial charge in [0.25, 0.3) is 0 Å². The Morgan fingerprint density at radius 2 is 2.00 bits per heavy atom. The van der Waals surface area contributed by atoms with Gasteiger partial charge in [0.05, 0.1) is 11.6 Å². The van der Waals surface area contributed by atoms with E-state index >= 15 is 0 Å². The Kier molecular flexibility index (Phi) is 4.24. The van der Waals surface area contributed by atoms with E-state index in [1.165, 1.54) is 6.26 Å². The van der Waals surface area contributed by atoms with Crippen molar-refractivity contribution < 1.29 is 8.42 Å². The van der Waals surface area contributed by atoms with Crippen LogP contribution in [0.15, 0.2) is 6.20 Å². The van der Waals surface area contributed by atoms with E-state index < -0.39 is 10.0 Å². The fraction of sp³-hybridized carbons (Fsp3) is 0.571. The number of nitrogens with two attached hydrogens (primary N) is 1. The number of nitrogens with zero attached hydrogens (tertiary/aromatic N) is 4. The summed E-state index contributed by atoms with van der Waals surface area (Å²) in [4.78, 5) is 8.32. The molecule has 23 heavy (non-hydrogen) atoms. The number of anilines is 1. The average Bonchev–Trinajstić information content (AvgIpc) is 2.74. The smallest absolute Gasteiger partial charge is 0.223 e. The molecule has 126 valence electrons. The van der Waals surface area contributed by atoms with Gasteiger partial charge in [-0.2, -0.15) is 4.98 Å². The van der Waals surface area contributed by atoms with Gasteiger partial charge >= 0.3 is 0 Å². The number of piperidine rings is 1. The number of sulfonamides is 1. The van der Waals surface area contributed by atoms with Gasteiger partial charge in [0.2, 0.25) is 16.0 Å². The van der Waals surface area contributed by atoms with Crippen molar-refractivity contribution in [3.63, 3.8) is 0 Å². The van der Waals surface area contributed by atoms with E-state index in [9.17, 15) is 8.42 Å². The van der Waals surface area contributed by atoms with E-state index in [1.54, 1.807) is 4.31 Å². The molecule has 2 N–H and O–H groups in total. The van der Waals surface area contributed by atoms with Gasteiger partial charge in [-0.1, -0.05) is 11.6 Å². The van der Waals surface area contributed by atoms with Gasteiger partial charge in [0.15, 0.2) is 0 Å². The third-order valence-electron chi connectivity index (χ3n) is 4.38. The Labute approximate surface area is 140 Å². The molecular formula is C14H20ClN5O2S. The molecule has 3 rings (SSSR count). The largest absolute Gasteiger partial charge is 0.368 e. The zero-order valence-corrected chi connectivity index (χ0v) is 14.7. The Morgan fingerprint density at radius 3 is 2.61 bits per heavy atom. The predicted molar refractivity (Wildman–Crippen MR) is 90.8 cm³/mol. The van der Waals surface area contributed by atoms with Crippen molar-refractivity contribution in [1.82, 2.24) is 18.8 Å². The quantitative estimate of drug-likeness (QED) is 0.843. The summed E-state index contributed by atoms with van der Waals surface area (Å²) < 4.78 is 26.8. The lowest BCUT2D eigenvalue weighted by molar-refractivity contribution is 0.255. The molecule has 0 amide bonds. The number of fused-ring (bicyclic) bond motifs is 1. The number of halogens is 1. The molecule has 1 fully saturated rings. The standard InChI is InChI=1S/C14H20ClN5O2S/c1-9-7-19(13-11(9)12(15)17-14(16)18-13)8-10-3-5-20(6-4-10)23(2,21)22/h7,10H,3-6,8H2,1-2H3,(H2,16,17,18). The van der Waals surface area contributed by atoms with E-state index in [0.717, 1.165) is 36.0 Å². The van der Waals surface area contributed by atoms with Gasteiger partial charge in [-0.3, -0.25) is 0 Å². The minimum atomic E-state index is -3.09. The number of aryl methyl sites for hydroxylation is 1. The topological polar surface area (TPSA) is 94.1 Å². The lowest BCUT2D eigenvalue weighted by Crippen LogP contribution is -2.38. The third kappa shape index (κ3) is 3.29. The maximum absolute atomic E-state index is 11.6. The van der Waals surface area contributed by atoms with E-state index in [2.05, 4.69) is 14.5 Å². The number of nitrogen functional groups attached to an aromatic ring is 1. The number of rotatable bonds is 3. The highest BCUT2D eigenvalue weighted by Gasteiger charge is 2.25. The van der Waals surface area contributed by atoms with Crippen molar-refractivity contribution in [3.05, 3.63) is 16.9 Å². The fourth-order valence-corrected chi connectivity index (χ4v) is 4.38. The lowest BCUT2D eigenvalue weighted by atomic mass is 9.98. The van der Waals surface area contributed by atoms with Crippen molar-refractivity contribution in [2.45, 2.75) is 26.3 Å². The molecule has 0 saturated carbocycles. The summed E-state index contributed by atoms with van der Waals surface area (Å²) in [5.41, 5.74) is 7.46. The molecule has 2 aromatic rings. The highest BCUT2D eigenvalue weighted by Crippen LogP contribution is 2.28. The molecule has 1 aliphatic heterocycles. The van der Waals surface area contributed by atoms with Crippen LogP contribution in [0.5, 0.6) is 0 Å². The lowest BCUT2D eigenvalue weighted by Gasteiger charge is -2.30. The van der Waals surface area contributed by atoms with Gasteiger partial charge in [-0.25, -0.2) is 17.7 Å². The molecule has 3 heterocycles. The van der Waals surface area contributed by atoms with Crippen LogP contribution in [0.1, 0.15) is 18.4 Å². The maximum atomic E-state index is 11.6. The first-order valence-electron chi connectivity index (χ1n) is 7.49. The van der Waals surface area contributed by atoms with Crippen LogP contribution >= 0.6 is 11.6 Å². The van der Waals surface area contributed by atoms with Crippen LogP contribution in [0.2, 0.25) is 5.15 Å². The molecule has 1 saturated heterocycles. The van der Waals surface area contributed by atoms with Gasteiger partial charge in [0, 0.05) is 25.8 Å². The molecule has 2 aromatic heterocycles. The van der Waals surface area contributed by atoms with E-state index in [1.807, 2.05) is 13.1 Å². The molecule has 7 nitrogen and oxygen atoms in total. The van der Waals surface area contributed by atoms with E-state index in [4.69, 9.17) is 17.3 Å². The highest BCUT2D eigenvalue weighted by molar-refractivity contribution is 7.88. The summed E-state index contributed by atoms with van der Waals surface area (Å²) in [5, 5.41) is 1.20. The summed E-state index contributed by atoms with van der Waals surface area (Å²) in [6, 6.07) is 0. The molecule has 0 radical (unpaired) electrons. The molecule has 0 spiro atoms. The normalized spacial score (nSPS) is 17.9. The van der Waals surface area contributed by atoms with Gasteiger partial charge in [-0.05, 0) is 31.2 Å². The highest BCUT2D eigenvalue weighted by atomic mass is 35.5. The molecule has 0 atom stereocenters. The van der Waals surface area contributed by atoms with Crippen molar-refractivity contribution in [2.75, 3.05) is 25.1 Å². The molecule has 0 aliphatic carbocycles. The zero-order valence-electron chi connectivity index (χ0n) is 13.2. The zero-order chi connectivity index (χ0) is 16.8. The molecule has 0 bridgehead atoms. The second-order valence-electron chi connectivity index (χ2n) is 6.14. The monoisotopic (exact) mass is 357 g/mol. The van der Waals surface area contributed by atoms with Crippen LogP contribution in [0, 0.1) is 12.8 Å². The van der Waals surface area contributed by atoms with Gasteiger partial charge < -0.3 is 10.3 Å². The van der Waals surface area contributed by atoms with Crippen LogP contribution in [0.3, 0.4) is 0 Å². The second kappa shape index (κ2) is 5.92.